The van der Waals surface area contributed by atoms with E-state index in [-0.39, 0.29) is 5.78 Å². The first-order chi connectivity index (χ1) is 11.3. The predicted molar refractivity (Wildman–Crippen MR) is 90.9 cm³/mol. The Morgan fingerprint density at radius 1 is 1.22 bits per heavy atom. The van der Waals surface area contributed by atoms with Crippen molar-refractivity contribution in [2.75, 3.05) is 6.54 Å². The zero-order valence-corrected chi connectivity index (χ0v) is 13.4. The predicted octanol–water partition coefficient (Wildman–Crippen LogP) is 4.22. The molecule has 0 atom stereocenters. The first-order valence-corrected chi connectivity index (χ1v) is 8.46. The first-order valence-electron chi connectivity index (χ1n) is 8.12. The number of fused-ring (bicyclic) bond motifs is 4. The normalized spacial score (nSPS) is 20.3. The van der Waals surface area contributed by atoms with E-state index in [1.165, 1.54) is 24.1 Å². The molecule has 0 spiro atoms. The van der Waals surface area contributed by atoms with Gasteiger partial charge in [0.25, 0.3) is 0 Å². The fourth-order valence-corrected chi connectivity index (χ4v) is 4.48. The molecule has 5 heteroatoms. The van der Waals surface area contributed by atoms with E-state index in [9.17, 15) is 4.79 Å². The molecule has 0 fully saturated rings. The number of pyridine rings is 1. The number of ketones is 1. The molecule has 3 heterocycles. The lowest BCUT2D eigenvalue weighted by atomic mass is 9.96. The summed E-state index contributed by atoms with van der Waals surface area (Å²) >= 11 is 6.61. The van der Waals surface area contributed by atoms with Crippen LogP contribution < -0.4 is 0 Å². The molecule has 3 aliphatic rings. The van der Waals surface area contributed by atoms with Gasteiger partial charge in [-0.2, -0.15) is 0 Å². The average molecular weight is 326 g/mol. The highest BCUT2D eigenvalue weighted by atomic mass is 35.5. The minimum Gasteiger partial charge on any atom is -0.311 e. The molecule has 0 saturated heterocycles. The van der Waals surface area contributed by atoms with Gasteiger partial charge in [-0.15, -0.1) is 0 Å². The van der Waals surface area contributed by atoms with Gasteiger partial charge in [0.1, 0.15) is 0 Å². The van der Waals surface area contributed by atoms with Crippen LogP contribution in [0.25, 0.3) is 22.3 Å². The lowest BCUT2D eigenvalue weighted by molar-refractivity contribution is 0.0995. The highest BCUT2D eigenvalue weighted by molar-refractivity contribution is 6.21. The van der Waals surface area contributed by atoms with Crippen molar-refractivity contribution in [3.8, 4) is 0 Å². The second-order valence-corrected chi connectivity index (χ2v) is 6.85. The molecule has 0 unspecified atom stereocenters. The Balaban J connectivity index is 1.96. The fraction of sp³-hybridized carbons (Fsp3) is 0.333. The number of rotatable bonds is 0. The van der Waals surface area contributed by atoms with E-state index in [1.54, 1.807) is 10.6 Å². The quantitative estimate of drug-likeness (QED) is 0.681. The van der Waals surface area contributed by atoms with Crippen molar-refractivity contribution < 1.29 is 4.79 Å². The fourth-order valence-electron chi connectivity index (χ4n) is 4.19. The summed E-state index contributed by atoms with van der Waals surface area (Å²) in [6, 6.07) is 2.02. The van der Waals surface area contributed by atoms with Crippen LogP contribution in [0.5, 0.6) is 0 Å². The summed E-state index contributed by atoms with van der Waals surface area (Å²) in [5.74, 6) is 0.158. The Morgan fingerprint density at radius 2 is 2.09 bits per heavy atom. The van der Waals surface area contributed by atoms with Crippen LogP contribution in [-0.2, 0) is 0 Å². The van der Waals surface area contributed by atoms with Gasteiger partial charge in [-0.1, -0.05) is 0 Å². The zero-order valence-electron chi connectivity index (χ0n) is 12.7. The number of carbonyl (C=O) groups excluding carboxylic acids is 1. The maximum Gasteiger partial charge on any atom is 0.169 e. The van der Waals surface area contributed by atoms with Crippen LogP contribution in [0.3, 0.4) is 0 Å². The maximum absolute atomic E-state index is 12.6. The SMILES string of the molecule is O=C1CC=C2c3c1c1cnccc1n3C1=C(CCCC1)CN2Cl. The summed E-state index contributed by atoms with van der Waals surface area (Å²) in [5, 5.41) is 0.947. The van der Waals surface area contributed by atoms with Gasteiger partial charge < -0.3 is 4.57 Å². The van der Waals surface area contributed by atoms with Crippen LogP contribution in [0.4, 0.5) is 0 Å². The average Bonchev–Trinajstić information content (AvgIpc) is 2.85. The lowest BCUT2D eigenvalue weighted by Crippen LogP contribution is -2.18. The number of halogens is 1. The molecule has 0 aromatic carbocycles. The van der Waals surface area contributed by atoms with E-state index in [0.717, 1.165) is 47.2 Å². The Labute approximate surface area is 139 Å². The van der Waals surface area contributed by atoms with Crippen LogP contribution in [0.1, 0.15) is 48.2 Å². The van der Waals surface area contributed by atoms with E-state index in [2.05, 4.69) is 9.55 Å². The highest BCUT2D eigenvalue weighted by Crippen LogP contribution is 2.44. The topological polar surface area (TPSA) is 38.1 Å². The number of aromatic nitrogens is 2. The molecule has 0 radical (unpaired) electrons. The third-order valence-electron chi connectivity index (χ3n) is 5.18. The third kappa shape index (κ3) is 1.73. The molecule has 0 bridgehead atoms. The number of Topliss-reactive ketones (excluding diaryl/α,β-unsaturated/α-hetero) is 1. The van der Waals surface area contributed by atoms with E-state index in [4.69, 9.17) is 11.8 Å². The molecular weight excluding hydrogens is 310 g/mol. The minimum absolute atomic E-state index is 0.158. The summed E-state index contributed by atoms with van der Waals surface area (Å²) in [5.41, 5.74) is 6.52. The number of carbonyl (C=O) groups is 1. The molecule has 2 aliphatic carbocycles. The van der Waals surface area contributed by atoms with E-state index >= 15 is 0 Å². The van der Waals surface area contributed by atoms with Gasteiger partial charge >= 0.3 is 0 Å². The Hall–Kier alpha value is -2.07. The molecule has 2 aromatic heterocycles. The molecule has 1 aliphatic heterocycles. The molecule has 0 amide bonds. The Kier molecular flexibility index (Phi) is 2.74. The lowest BCUT2D eigenvalue weighted by Gasteiger charge is -2.22. The summed E-state index contributed by atoms with van der Waals surface area (Å²) in [6.07, 6.45) is 10.5. The van der Waals surface area contributed by atoms with Gasteiger partial charge in [0.2, 0.25) is 0 Å². The zero-order chi connectivity index (χ0) is 15.6. The third-order valence-corrected chi connectivity index (χ3v) is 5.48. The van der Waals surface area contributed by atoms with Gasteiger partial charge in [0.15, 0.2) is 5.78 Å². The molecular formula is C18H16ClN3O. The number of hydrogen-bond donors (Lipinski definition) is 0. The van der Waals surface area contributed by atoms with Crippen LogP contribution in [0.2, 0.25) is 0 Å². The van der Waals surface area contributed by atoms with Crippen molar-refractivity contribution in [3.63, 3.8) is 0 Å². The number of allylic oxidation sites excluding steroid dienone is 2. The van der Waals surface area contributed by atoms with E-state index in [0.29, 0.717) is 6.42 Å². The van der Waals surface area contributed by atoms with Crippen molar-refractivity contribution in [2.45, 2.75) is 32.1 Å². The summed E-state index contributed by atoms with van der Waals surface area (Å²) in [7, 11) is 0. The van der Waals surface area contributed by atoms with Gasteiger partial charge in [0, 0.05) is 41.7 Å². The molecule has 2 aromatic rings. The van der Waals surface area contributed by atoms with Gasteiger partial charge in [-0.05, 0) is 43.4 Å². The van der Waals surface area contributed by atoms with Crippen molar-refractivity contribution in [1.29, 1.82) is 0 Å². The molecule has 23 heavy (non-hydrogen) atoms. The smallest absolute Gasteiger partial charge is 0.169 e. The first kappa shape index (κ1) is 13.4. The van der Waals surface area contributed by atoms with Gasteiger partial charge in [-0.3, -0.25) is 14.2 Å². The highest BCUT2D eigenvalue weighted by Gasteiger charge is 2.34. The Morgan fingerprint density at radius 3 is 3.00 bits per heavy atom. The van der Waals surface area contributed by atoms with Crippen molar-refractivity contribution >= 4 is 39.9 Å². The molecule has 4 nitrogen and oxygen atoms in total. The summed E-state index contributed by atoms with van der Waals surface area (Å²) < 4.78 is 4.08. The molecule has 0 N–H and O–H groups in total. The second kappa shape index (κ2) is 4.71. The molecule has 0 saturated carbocycles. The monoisotopic (exact) mass is 325 g/mol. The van der Waals surface area contributed by atoms with Crippen LogP contribution in [0, 0.1) is 0 Å². The van der Waals surface area contributed by atoms with Crippen LogP contribution in [-0.4, -0.2) is 26.3 Å². The Bertz CT molecular complexity index is 922. The maximum atomic E-state index is 12.6. The van der Waals surface area contributed by atoms with Crippen LogP contribution in [0.15, 0.2) is 30.1 Å². The van der Waals surface area contributed by atoms with Crippen molar-refractivity contribution in [3.05, 3.63) is 41.4 Å². The van der Waals surface area contributed by atoms with Crippen molar-refractivity contribution in [2.24, 2.45) is 0 Å². The van der Waals surface area contributed by atoms with Gasteiger partial charge in [-0.25, -0.2) is 0 Å². The number of hydrogen-bond acceptors (Lipinski definition) is 3. The summed E-state index contributed by atoms with van der Waals surface area (Å²) in [6.45, 7) is 0.741. The van der Waals surface area contributed by atoms with E-state index < -0.39 is 0 Å². The largest absolute Gasteiger partial charge is 0.311 e. The van der Waals surface area contributed by atoms with Gasteiger partial charge in [0.05, 0.1) is 29.0 Å². The standard InChI is InChI=1S/C18H16ClN3O/c19-21-10-11-3-1-2-4-13(11)22-14-7-8-20-9-12(14)17-16(23)6-5-15(21)18(17)22/h5,7-9H,1-4,6,10H2. The van der Waals surface area contributed by atoms with Crippen LogP contribution >= 0.6 is 11.8 Å². The minimum atomic E-state index is 0.158. The van der Waals surface area contributed by atoms with E-state index in [1.807, 2.05) is 18.3 Å². The molecule has 116 valence electrons. The summed E-state index contributed by atoms with van der Waals surface area (Å²) in [4.78, 5) is 16.9. The molecule has 5 rings (SSSR count). The number of nitrogens with zero attached hydrogens (tertiary/aromatic N) is 3. The van der Waals surface area contributed by atoms with Crippen molar-refractivity contribution in [1.82, 2.24) is 14.0 Å². The second-order valence-electron chi connectivity index (χ2n) is 6.45.